The maximum absolute atomic E-state index is 8.41. The van der Waals surface area contributed by atoms with E-state index in [1.54, 1.807) is 0 Å². The number of rotatable bonds is 2. The Balaban J connectivity index is 2.44. The molecule has 2 aromatic carbocycles. The van der Waals surface area contributed by atoms with Crippen LogP contribution in [0.15, 0.2) is 60.7 Å². The van der Waals surface area contributed by atoms with Gasteiger partial charge in [0.1, 0.15) is 0 Å². The summed E-state index contributed by atoms with van der Waals surface area (Å²) in [5.74, 6) is 0. The summed E-state index contributed by atoms with van der Waals surface area (Å²) in [6.45, 7) is 1.93. The SMILES string of the molecule is CC([NH])(c1ccccc1)c1ccccc1. The monoisotopic (exact) mass is 196 g/mol. The van der Waals surface area contributed by atoms with Gasteiger partial charge in [-0.15, -0.1) is 0 Å². The Kier molecular flexibility index (Phi) is 2.57. The molecule has 75 valence electrons. The first-order valence-electron chi connectivity index (χ1n) is 5.07. The third-order valence-corrected chi connectivity index (χ3v) is 2.70. The van der Waals surface area contributed by atoms with Crippen LogP contribution in [0.1, 0.15) is 18.1 Å². The molecule has 2 rings (SSSR count). The van der Waals surface area contributed by atoms with Gasteiger partial charge in [0.25, 0.3) is 0 Å². The zero-order chi connectivity index (χ0) is 10.7. The number of benzene rings is 2. The topological polar surface area (TPSA) is 23.8 Å². The molecule has 0 atom stereocenters. The second-order valence-corrected chi connectivity index (χ2v) is 3.86. The van der Waals surface area contributed by atoms with E-state index in [4.69, 9.17) is 5.73 Å². The Bertz CT molecular complexity index is 376. The molecule has 0 heterocycles. The van der Waals surface area contributed by atoms with Gasteiger partial charge in [0.05, 0.1) is 5.54 Å². The number of hydrogen-bond donors (Lipinski definition) is 0. The molecule has 0 saturated carbocycles. The Morgan fingerprint density at radius 1 is 0.733 bits per heavy atom. The summed E-state index contributed by atoms with van der Waals surface area (Å²) in [5.41, 5.74) is 9.79. The molecular weight excluding hydrogens is 182 g/mol. The summed E-state index contributed by atoms with van der Waals surface area (Å²) in [7, 11) is 0. The van der Waals surface area contributed by atoms with Crippen molar-refractivity contribution in [2.45, 2.75) is 12.5 Å². The van der Waals surface area contributed by atoms with Crippen LogP contribution in [0.5, 0.6) is 0 Å². The predicted octanol–water partition coefficient (Wildman–Crippen LogP) is 3.23. The minimum Gasteiger partial charge on any atom is -0.242 e. The van der Waals surface area contributed by atoms with Crippen molar-refractivity contribution >= 4 is 0 Å². The molecule has 15 heavy (non-hydrogen) atoms. The van der Waals surface area contributed by atoms with Crippen molar-refractivity contribution in [2.24, 2.45) is 0 Å². The zero-order valence-electron chi connectivity index (χ0n) is 8.77. The largest absolute Gasteiger partial charge is 0.242 e. The summed E-state index contributed by atoms with van der Waals surface area (Å²) in [4.78, 5) is 0. The van der Waals surface area contributed by atoms with Crippen molar-refractivity contribution in [3.8, 4) is 0 Å². The molecule has 0 aliphatic rings. The lowest BCUT2D eigenvalue weighted by Gasteiger charge is -2.24. The van der Waals surface area contributed by atoms with Crippen molar-refractivity contribution in [3.05, 3.63) is 71.8 Å². The summed E-state index contributed by atoms with van der Waals surface area (Å²) < 4.78 is 0. The second-order valence-electron chi connectivity index (χ2n) is 3.86. The predicted molar refractivity (Wildman–Crippen MR) is 62.4 cm³/mol. The highest BCUT2D eigenvalue weighted by molar-refractivity contribution is 5.36. The third kappa shape index (κ3) is 1.92. The van der Waals surface area contributed by atoms with E-state index in [0.717, 1.165) is 11.1 Å². The van der Waals surface area contributed by atoms with Gasteiger partial charge in [-0.05, 0) is 18.1 Å². The van der Waals surface area contributed by atoms with Crippen LogP contribution in [-0.2, 0) is 5.54 Å². The van der Waals surface area contributed by atoms with Gasteiger partial charge in [0.2, 0.25) is 0 Å². The highest BCUT2D eigenvalue weighted by Gasteiger charge is 2.23. The lowest BCUT2D eigenvalue weighted by molar-refractivity contribution is 0.579. The molecule has 2 aromatic rings. The van der Waals surface area contributed by atoms with Crippen LogP contribution < -0.4 is 5.73 Å². The van der Waals surface area contributed by atoms with Gasteiger partial charge < -0.3 is 0 Å². The first-order chi connectivity index (χ1) is 7.21. The number of nitrogens with one attached hydrogen (secondary N) is 1. The standard InChI is InChI=1S/C14H14N/c1-14(15,12-8-4-2-5-9-12)13-10-6-3-7-11-13/h2-11,15H,1H3. The van der Waals surface area contributed by atoms with Gasteiger partial charge >= 0.3 is 0 Å². The zero-order valence-corrected chi connectivity index (χ0v) is 8.77. The van der Waals surface area contributed by atoms with Gasteiger partial charge in [0, 0.05) is 0 Å². The maximum Gasteiger partial charge on any atom is 0.0793 e. The maximum atomic E-state index is 8.41. The van der Waals surface area contributed by atoms with Crippen molar-refractivity contribution in [1.29, 1.82) is 0 Å². The van der Waals surface area contributed by atoms with Crippen LogP contribution in [0.25, 0.3) is 0 Å². The molecule has 0 bridgehead atoms. The average Bonchev–Trinajstić information content (AvgIpc) is 2.31. The molecule has 0 aromatic heterocycles. The number of hydrogen-bond acceptors (Lipinski definition) is 0. The molecule has 1 N–H and O–H groups in total. The fourth-order valence-electron chi connectivity index (χ4n) is 1.71. The van der Waals surface area contributed by atoms with Crippen LogP contribution in [0.2, 0.25) is 0 Å². The summed E-state index contributed by atoms with van der Waals surface area (Å²) in [5, 5.41) is 0. The lowest BCUT2D eigenvalue weighted by Crippen LogP contribution is -2.24. The van der Waals surface area contributed by atoms with Crippen molar-refractivity contribution in [3.63, 3.8) is 0 Å². The highest BCUT2D eigenvalue weighted by atomic mass is 14.7. The summed E-state index contributed by atoms with van der Waals surface area (Å²) in [6, 6.07) is 19.9. The molecule has 0 aliphatic carbocycles. The third-order valence-electron chi connectivity index (χ3n) is 2.70. The van der Waals surface area contributed by atoms with Crippen molar-refractivity contribution < 1.29 is 0 Å². The van der Waals surface area contributed by atoms with Gasteiger partial charge in [0.15, 0.2) is 0 Å². The van der Waals surface area contributed by atoms with E-state index < -0.39 is 5.54 Å². The first kappa shape index (κ1) is 9.94. The van der Waals surface area contributed by atoms with Gasteiger partial charge in [-0.3, -0.25) is 0 Å². The van der Waals surface area contributed by atoms with Crippen molar-refractivity contribution in [1.82, 2.24) is 5.73 Å². The molecular formula is C14H14N. The molecule has 0 amide bonds. The average molecular weight is 196 g/mol. The fraction of sp³-hybridized carbons (Fsp3) is 0.143. The highest BCUT2D eigenvalue weighted by Crippen LogP contribution is 2.27. The van der Waals surface area contributed by atoms with Crippen LogP contribution in [0.4, 0.5) is 0 Å². The summed E-state index contributed by atoms with van der Waals surface area (Å²) >= 11 is 0. The quantitative estimate of drug-likeness (QED) is 0.704. The van der Waals surface area contributed by atoms with E-state index in [0.29, 0.717) is 0 Å². The van der Waals surface area contributed by atoms with E-state index >= 15 is 0 Å². The molecule has 0 spiro atoms. The minimum absolute atomic E-state index is 0.664. The Morgan fingerprint density at radius 2 is 1.07 bits per heavy atom. The second kappa shape index (κ2) is 3.87. The molecule has 1 radical (unpaired) electrons. The van der Waals surface area contributed by atoms with E-state index in [9.17, 15) is 0 Å². The molecule has 0 saturated heterocycles. The van der Waals surface area contributed by atoms with Crippen LogP contribution in [0, 0.1) is 0 Å². The van der Waals surface area contributed by atoms with Crippen molar-refractivity contribution in [2.75, 3.05) is 0 Å². The lowest BCUT2D eigenvalue weighted by atomic mass is 9.86. The van der Waals surface area contributed by atoms with Gasteiger partial charge in [-0.2, -0.15) is 0 Å². The fourth-order valence-corrected chi connectivity index (χ4v) is 1.71. The Hall–Kier alpha value is -1.60. The smallest absolute Gasteiger partial charge is 0.0793 e. The molecule has 1 heteroatoms. The van der Waals surface area contributed by atoms with Gasteiger partial charge in [-0.25, -0.2) is 5.73 Å². The molecule has 0 unspecified atom stereocenters. The Morgan fingerprint density at radius 3 is 1.40 bits per heavy atom. The van der Waals surface area contributed by atoms with E-state index in [-0.39, 0.29) is 0 Å². The molecule has 1 nitrogen and oxygen atoms in total. The molecule has 0 aliphatic heterocycles. The van der Waals surface area contributed by atoms with Crippen LogP contribution in [0.3, 0.4) is 0 Å². The van der Waals surface area contributed by atoms with E-state index in [2.05, 4.69) is 0 Å². The Labute approximate surface area is 90.6 Å². The first-order valence-corrected chi connectivity index (χ1v) is 5.07. The van der Waals surface area contributed by atoms with Crippen LogP contribution in [-0.4, -0.2) is 0 Å². The van der Waals surface area contributed by atoms with Gasteiger partial charge in [-0.1, -0.05) is 60.7 Å². The van der Waals surface area contributed by atoms with Crippen LogP contribution >= 0.6 is 0 Å². The normalized spacial score (nSPS) is 11.3. The minimum atomic E-state index is -0.664. The summed E-state index contributed by atoms with van der Waals surface area (Å²) in [6.07, 6.45) is 0. The van der Waals surface area contributed by atoms with E-state index in [1.165, 1.54) is 0 Å². The molecule has 0 fully saturated rings. The van der Waals surface area contributed by atoms with E-state index in [1.807, 2.05) is 67.6 Å².